The largest absolute Gasteiger partial charge is 0.482 e. The van der Waals surface area contributed by atoms with Crippen molar-refractivity contribution < 1.29 is 4.74 Å². The van der Waals surface area contributed by atoms with Crippen LogP contribution in [-0.2, 0) is 0 Å². The Morgan fingerprint density at radius 2 is 2.08 bits per heavy atom. The second-order valence-electron chi connectivity index (χ2n) is 2.72. The van der Waals surface area contributed by atoms with E-state index in [0.717, 1.165) is 11.3 Å². The second-order valence-corrected chi connectivity index (χ2v) is 2.72. The first-order valence-electron chi connectivity index (χ1n) is 3.96. The lowest BCUT2D eigenvalue weighted by molar-refractivity contribution is 0.293. The molecule has 64 valence electrons. The van der Waals surface area contributed by atoms with Gasteiger partial charge in [-0.05, 0) is 18.2 Å². The molecule has 0 N–H and O–H groups in total. The molecular formula is C11H10OSi. The maximum Gasteiger partial charge on any atom is 0.135 e. The van der Waals surface area contributed by atoms with Crippen molar-refractivity contribution in [1.82, 2.24) is 0 Å². The summed E-state index contributed by atoms with van der Waals surface area (Å²) in [6, 6.07) is 7.97. The van der Waals surface area contributed by atoms with Gasteiger partial charge in [0.15, 0.2) is 0 Å². The van der Waals surface area contributed by atoms with E-state index in [0.29, 0.717) is 0 Å². The highest BCUT2D eigenvalue weighted by atomic mass is 28.1. The first kappa shape index (κ1) is 9.80. The fraction of sp³-hybridized carbons (Fsp3) is 0.0909. The van der Waals surface area contributed by atoms with E-state index < -0.39 is 0 Å². The number of hydrogen-bond acceptors (Lipinski definition) is 1. The minimum Gasteiger partial charge on any atom is -0.482 e. The third-order valence-corrected chi connectivity index (χ3v) is 1.88. The van der Waals surface area contributed by atoms with Crippen LogP contribution in [-0.4, -0.2) is 17.1 Å². The van der Waals surface area contributed by atoms with Gasteiger partial charge in [0.2, 0.25) is 0 Å². The van der Waals surface area contributed by atoms with E-state index in [9.17, 15) is 0 Å². The lowest BCUT2D eigenvalue weighted by atomic mass is 10.1. The molecule has 4 radical (unpaired) electrons. The smallest absolute Gasteiger partial charge is 0.135 e. The van der Waals surface area contributed by atoms with Gasteiger partial charge in [-0.2, -0.15) is 0 Å². The summed E-state index contributed by atoms with van der Waals surface area (Å²) in [5, 5.41) is 0. The molecular weight excluding hydrogens is 176 g/mol. The zero-order chi connectivity index (χ0) is 8.39. The predicted molar refractivity (Wildman–Crippen MR) is 55.8 cm³/mol. The van der Waals surface area contributed by atoms with Crippen LogP contribution >= 0.6 is 0 Å². The predicted octanol–water partition coefficient (Wildman–Crippen LogP) is 2.27. The van der Waals surface area contributed by atoms with Crippen molar-refractivity contribution in [1.29, 1.82) is 0 Å². The topological polar surface area (TPSA) is 9.23 Å². The SMILES string of the molecule is C=CC1C=Cc2ccccc2O1.[Si]. The molecule has 0 spiro atoms. The van der Waals surface area contributed by atoms with Crippen LogP contribution in [0.2, 0.25) is 0 Å². The van der Waals surface area contributed by atoms with Gasteiger partial charge in [-0.1, -0.05) is 30.9 Å². The van der Waals surface area contributed by atoms with Gasteiger partial charge >= 0.3 is 0 Å². The van der Waals surface area contributed by atoms with Crippen LogP contribution in [0.3, 0.4) is 0 Å². The van der Waals surface area contributed by atoms with Crippen molar-refractivity contribution in [2.75, 3.05) is 0 Å². The summed E-state index contributed by atoms with van der Waals surface area (Å²) in [4.78, 5) is 0. The van der Waals surface area contributed by atoms with Gasteiger partial charge in [0.1, 0.15) is 11.9 Å². The van der Waals surface area contributed by atoms with Crippen molar-refractivity contribution in [2.24, 2.45) is 0 Å². The molecule has 2 rings (SSSR count). The van der Waals surface area contributed by atoms with Gasteiger partial charge in [-0.15, -0.1) is 0 Å². The average molecular weight is 186 g/mol. The zero-order valence-corrected chi connectivity index (χ0v) is 8.23. The van der Waals surface area contributed by atoms with Crippen molar-refractivity contribution >= 4 is 17.0 Å². The third kappa shape index (κ3) is 1.90. The van der Waals surface area contributed by atoms with Crippen LogP contribution in [0.5, 0.6) is 5.75 Å². The Balaban J connectivity index is 0.000000845. The summed E-state index contributed by atoms with van der Waals surface area (Å²) in [6.07, 6.45) is 5.87. The number of fused-ring (bicyclic) bond motifs is 1. The number of benzene rings is 1. The Labute approximate surface area is 82.8 Å². The quantitative estimate of drug-likeness (QED) is 0.483. The van der Waals surface area contributed by atoms with Gasteiger partial charge in [-0.25, -0.2) is 0 Å². The van der Waals surface area contributed by atoms with E-state index in [1.165, 1.54) is 0 Å². The lowest BCUT2D eigenvalue weighted by Gasteiger charge is -2.17. The molecule has 1 aliphatic rings. The van der Waals surface area contributed by atoms with Gasteiger partial charge in [-0.3, -0.25) is 0 Å². The maximum absolute atomic E-state index is 5.58. The summed E-state index contributed by atoms with van der Waals surface area (Å²) in [5.41, 5.74) is 1.13. The third-order valence-electron chi connectivity index (χ3n) is 1.88. The summed E-state index contributed by atoms with van der Waals surface area (Å²) < 4.78 is 5.58. The van der Waals surface area contributed by atoms with Crippen molar-refractivity contribution in [3.63, 3.8) is 0 Å². The first-order valence-corrected chi connectivity index (χ1v) is 3.96. The minimum atomic E-state index is 0. The van der Waals surface area contributed by atoms with Crippen LogP contribution in [0, 0.1) is 0 Å². The van der Waals surface area contributed by atoms with Crippen LogP contribution in [0.25, 0.3) is 6.08 Å². The molecule has 0 saturated carbocycles. The van der Waals surface area contributed by atoms with Crippen LogP contribution in [0.1, 0.15) is 5.56 Å². The standard InChI is InChI=1S/C11H10O.Si/c1-2-10-8-7-9-5-3-4-6-11(9)12-10;/h2-8,10H,1H2;. The van der Waals surface area contributed by atoms with Crippen molar-refractivity contribution in [3.05, 3.63) is 48.6 Å². The zero-order valence-electron chi connectivity index (χ0n) is 7.23. The molecule has 0 bridgehead atoms. The molecule has 0 fully saturated rings. The number of hydrogen-bond donors (Lipinski definition) is 0. The van der Waals surface area contributed by atoms with Crippen LogP contribution in [0.4, 0.5) is 0 Å². The number of ether oxygens (including phenoxy) is 1. The fourth-order valence-corrected chi connectivity index (χ4v) is 1.24. The molecule has 0 amide bonds. The Kier molecular flexibility index (Phi) is 3.09. The Morgan fingerprint density at radius 3 is 2.85 bits per heavy atom. The highest BCUT2D eigenvalue weighted by Crippen LogP contribution is 2.25. The highest BCUT2D eigenvalue weighted by molar-refractivity contribution is 5.75. The summed E-state index contributed by atoms with van der Waals surface area (Å²) in [6.45, 7) is 3.68. The number of para-hydroxylation sites is 1. The summed E-state index contributed by atoms with van der Waals surface area (Å²) in [7, 11) is 0. The van der Waals surface area contributed by atoms with Crippen molar-refractivity contribution in [2.45, 2.75) is 6.10 Å². The number of rotatable bonds is 1. The molecule has 0 aliphatic carbocycles. The molecule has 1 heterocycles. The van der Waals surface area contributed by atoms with E-state index >= 15 is 0 Å². The highest BCUT2D eigenvalue weighted by Gasteiger charge is 2.09. The van der Waals surface area contributed by atoms with E-state index in [2.05, 4.69) is 12.7 Å². The fourth-order valence-electron chi connectivity index (χ4n) is 1.24. The molecule has 1 unspecified atom stereocenters. The van der Waals surface area contributed by atoms with Gasteiger partial charge in [0.25, 0.3) is 0 Å². The molecule has 0 aromatic heterocycles. The molecule has 0 saturated heterocycles. The molecule has 2 heteroatoms. The summed E-state index contributed by atoms with van der Waals surface area (Å²) in [5.74, 6) is 0.935. The van der Waals surface area contributed by atoms with E-state index in [-0.39, 0.29) is 17.1 Å². The molecule has 1 nitrogen and oxygen atoms in total. The minimum absolute atomic E-state index is 0. The second kappa shape index (κ2) is 4.10. The normalized spacial score (nSPS) is 18.0. The van der Waals surface area contributed by atoms with E-state index in [1.807, 2.05) is 30.3 Å². The lowest BCUT2D eigenvalue weighted by Crippen LogP contribution is -2.13. The molecule has 13 heavy (non-hydrogen) atoms. The van der Waals surface area contributed by atoms with E-state index in [4.69, 9.17) is 4.74 Å². The van der Waals surface area contributed by atoms with Crippen LogP contribution in [0.15, 0.2) is 43.0 Å². The average Bonchev–Trinajstić information content (AvgIpc) is 2.17. The Morgan fingerprint density at radius 1 is 1.31 bits per heavy atom. The monoisotopic (exact) mass is 186 g/mol. The van der Waals surface area contributed by atoms with Crippen LogP contribution < -0.4 is 4.74 Å². The first-order chi connectivity index (χ1) is 5.90. The molecule has 1 aromatic carbocycles. The molecule has 1 atom stereocenters. The van der Waals surface area contributed by atoms with E-state index in [1.54, 1.807) is 6.08 Å². The van der Waals surface area contributed by atoms with Gasteiger partial charge in [0, 0.05) is 16.5 Å². The maximum atomic E-state index is 5.58. The Bertz CT molecular complexity index is 331. The Hall–Kier alpha value is -1.28. The van der Waals surface area contributed by atoms with Gasteiger partial charge < -0.3 is 4.74 Å². The van der Waals surface area contributed by atoms with Gasteiger partial charge in [0.05, 0.1) is 0 Å². The molecule has 1 aliphatic heterocycles. The summed E-state index contributed by atoms with van der Waals surface area (Å²) >= 11 is 0. The van der Waals surface area contributed by atoms with Crippen molar-refractivity contribution in [3.8, 4) is 5.75 Å². The molecule has 1 aromatic rings.